The summed E-state index contributed by atoms with van der Waals surface area (Å²) in [5.41, 5.74) is 1.04. The number of likely N-dealkylation sites (tertiary alicyclic amines) is 1. The van der Waals surface area contributed by atoms with Gasteiger partial charge in [-0.2, -0.15) is 0 Å². The maximum absolute atomic E-state index is 11.3. The van der Waals surface area contributed by atoms with Crippen molar-refractivity contribution in [2.24, 2.45) is 0 Å². The number of benzene rings is 1. The number of amides is 1. The first-order valence-electron chi connectivity index (χ1n) is 6.50. The Labute approximate surface area is 108 Å². The fourth-order valence-corrected chi connectivity index (χ4v) is 2.32. The zero-order chi connectivity index (χ0) is 12.8. The molecular formula is C14H20N2O2. The number of carboxylic acid groups (broad SMARTS) is 1. The molecule has 2 rings (SSSR count). The molecule has 1 saturated heterocycles. The van der Waals surface area contributed by atoms with E-state index in [0.717, 1.165) is 18.7 Å². The molecule has 1 aromatic carbocycles. The van der Waals surface area contributed by atoms with Gasteiger partial charge in [0.05, 0.1) is 13.2 Å². The van der Waals surface area contributed by atoms with Crippen LogP contribution in [0, 0.1) is 0 Å². The zero-order valence-corrected chi connectivity index (χ0v) is 10.6. The van der Waals surface area contributed by atoms with Crippen molar-refractivity contribution in [3.8, 4) is 0 Å². The highest BCUT2D eigenvalue weighted by molar-refractivity contribution is 5.64. The van der Waals surface area contributed by atoms with E-state index in [-0.39, 0.29) is 0 Å². The summed E-state index contributed by atoms with van der Waals surface area (Å²) in [6.45, 7) is 3.01. The summed E-state index contributed by atoms with van der Waals surface area (Å²) >= 11 is 0. The topological polar surface area (TPSA) is 43.8 Å². The minimum Gasteiger partial charge on any atom is -0.465 e. The number of carbonyl (C=O) groups is 1. The second-order valence-corrected chi connectivity index (χ2v) is 4.79. The molecule has 1 aromatic rings. The van der Waals surface area contributed by atoms with Crippen molar-refractivity contribution in [2.75, 3.05) is 19.8 Å². The van der Waals surface area contributed by atoms with Crippen LogP contribution in [0.25, 0.3) is 0 Å². The first kappa shape index (κ1) is 12.9. The third-order valence-corrected chi connectivity index (χ3v) is 3.31. The van der Waals surface area contributed by atoms with Gasteiger partial charge in [-0.1, -0.05) is 36.8 Å². The van der Waals surface area contributed by atoms with Crippen molar-refractivity contribution in [3.05, 3.63) is 35.9 Å². The molecule has 0 aliphatic carbocycles. The smallest absolute Gasteiger partial charge is 0.408 e. The lowest BCUT2D eigenvalue weighted by atomic mass is 10.1. The van der Waals surface area contributed by atoms with E-state index in [1.54, 1.807) is 0 Å². The predicted molar refractivity (Wildman–Crippen MR) is 70.3 cm³/mol. The SMILES string of the molecule is O=C(O)N(Cc1ccccc1)CN1CCCCC1. The highest BCUT2D eigenvalue weighted by Gasteiger charge is 2.18. The molecule has 0 saturated carbocycles. The molecule has 0 radical (unpaired) electrons. The van der Waals surface area contributed by atoms with Crippen LogP contribution in [0.5, 0.6) is 0 Å². The highest BCUT2D eigenvalue weighted by atomic mass is 16.4. The first-order valence-corrected chi connectivity index (χ1v) is 6.50. The van der Waals surface area contributed by atoms with Gasteiger partial charge in [-0.15, -0.1) is 0 Å². The van der Waals surface area contributed by atoms with E-state index in [9.17, 15) is 9.90 Å². The minimum absolute atomic E-state index is 0.465. The van der Waals surface area contributed by atoms with Crippen LogP contribution in [0.15, 0.2) is 30.3 Å². The van der Waals surface area contributed by atoms with Crippen molar-refractivity contribution in [1.82, 2.24) is 9.80 Å². The van der Waals surface area contributed by atoms with Crippen LogP contribution in [0.4, 0.5) is 4.79 Å². The second-order valence-electron chi connectivity index (χ2n) is 4.79. The Kier molecular flexibility index (Phi) is 4.59. The molecule has 1 N–H and O–H groups in total. The molecule has 0 aromatic heterocycles. The molecule has 1 aliphatic rings. The molecule has 0 unspecified atom stereocenters. The standard InChI is InChI=1S/C14H20N2O2/c17-14(18)16(11-13-7-3-1-4-8-13)12-15-9-5-2-6-10-15/h1,3-4,7-8H,2,5-6,9-12H2,(H,17,18). The fraction of sp³-hybridized carbons (Fsp3) is 0.500. The van der Waals surface area contributed by atoms with Gasteiger partial charge in [-0.05, 0) is 31.5 Å². The molecule has 18 heavy (non-hydrogen) atoms. The summed E-state index contributed by atoms with van der Waals surface area (Å²) in [6, 6.07) is 9.75. The lowest BCUT2D eigenvalue weighted by molar-refractivity contribution is 0.0903. The molecule has 4 nitrogen and oxygen atoms in total. The van der Waals surface area contributed by atoms with E-state index in [0.29, 0.717) is 13.2 Å². The average Bonchev–Trinajstić information content (AvgIpc) is 2.40. The largest absolute Gasteiger partial charge is 0.465 e. The van der Waals surface area contributed by atoms with Crippen molar-refractivity contribution < 1.29 is 9.90 Å². The van der Waals surface area contributed by atoms with Gasteiger partial charge in [0.15, 0.2) is 0 Å². The molecule has 1 fully saturated rings. The molecular weight excluding hydrogens is 228 g/mol. The van der Waals surface area contributed by atoms with Gasteiger partial charge in [-0.3, -0.25) is 9.80 Å². The van der Waals surface area contributed by atoms with Crippen LogP contribution in [0.1, 0.15) is 24.8 Å². The van der Waals surface area contributed by atoms with Crippen LogP contribution in [0.2, 0.25) is 0 Å². The molecule has 0 spiro atoms. The van der Waals surface area contributed by atoms with E-state index in [1.807, 2.05) is 30.3 Å². The second kappa shape index (κ2) is 6.40. The number of hydrogen-bond acceptors (Lipinski definition) is 2. The van der Waals surface area contributed by atoms with Crippen molar-refractivity contribution in [1.29, 1.82) is 0 Å². The fourth-order valence-electron chi connectivity index (χ4n) is 2.32. The Bertz CT molecular complexity index is 375. The Morgan fingerprint density at radius 3 is 2.44 bits per heavy atom. The van der Waals surface area contributed by atoms with Gasteiger partial charge < -0.3 is 5.11 Å². The summed E-state index contributed by atoms with van der Waals surface area (Å²) in [4.78, 5) is 15.0. The Balaban J connectivity index is 1.93. The Hall–Kier alpha value is -1.55. The molecule has 0 atom stereocenters. The summed E-state index contributed by atoms with van der Waals surface area (Å²) in [6.07, 6.45) is 2.78. The van der Waals surface area contributed by atoms with E-state index in [2.05, 4.69) is 4.90 Å². The van der Waals surface area contributed by atoms with Crippen LogP contribution >= 0.6 is 0 Å². The Morgan fingerprint density at radius 2 is 1.83 bits per heavy atom. The third-order valence-electron chi connectivity index (χ3n) is 3.31. The predicted octanol–water partition coefficient (Wildman–Crippen LogP) is 2.61. The molecule has 1 aliphatic heterocycles. The lowest BCUT2D eigenvalue weighted by Gasteiger charge is -2.31. The zero-order valence-electron chi connectivity index (χ0n) is 10.6. The number of rotatable bonds is 4. The summed E-state index contributed by atoms with van der Waals surface area (Å²) in [5.74, 6) is 0. The van der Waals surface area contributed by atoms with E-state index in [4.69, 9.17) is 0 Å². The van der Waals surface area contributed by atoms with Gasteiger partial charge in [-0.25, -0.2) is 4.79 Å². The Morgan fingerprint density at radius 1 is 1.17 bits per heavy atom. The van der Waals surface area contributed by atoms with Gasteiger partial charge in [0.2, 0.25) is 0 Å². The molecule has 1 heterocycles. The number of piperidine rings is 1. The van der Waals surface area contributed by atoms with Crippen molar-refractivity contribution in [3.63, 3.8) is 0 Å². The van der Waals surface area contributed by atoms with Gasteiger partial charge in [0.1, 0.15) is 0 Å². The van der Waals surface area contributed by atoms with Gasteiger partial charge in [0.25, 0.3) is 0 Å². The van der Waals surface area contributed by atoms with Crippen LogP contribution < -0.4 is 0 Å². The third kappa shape index (κ3) is 3.74. The van der Waals surface area contributed by atoms with Gasteiger partial charge >= 0.3 is 6.09 Å². The van der Waals surface area contributed by atoms with Crippen molar-refractivity contribution >= 4 is 6.09 Å². The highest BCUT2D eigenvalue weighted by Crippen LogP contribution is 2.11. The lowest BCUT2D eigenvalue weighted by Crippen LogP contribution is -2.42. The van der Waals surface area contributed by atoms with Crippen LogP contribution in [-0.2, 0) is 6.54 Å². The van der Waals surface area contributed by atoms with Crippen LogP contribution in [-0.4, -0.2) is 40.8 Å². The molecule has 1 amide bonds. The number of hydrogen-bond donors (Lipinski definition) is 1. The molecule has 4 heteroatoms. The first-order chi connectivity index (χ1) is 8.75. The van der Waals surface area contributed by atoms with E-state index >= 15 is 0 Å². The van der Waals surface area contributed by atoms with Crippen molar-refractivity contribution in [2.45, 2.75) is 25.8 Å². The normalized spacial score (nSPS) is 16.4. The number of nitrogens with zero attached hydrogens (tertiary/aromatic N) is 2. The molecule has 98 valence electrons. The quantitative estimate of drug-likeness (QED) is 0.890. The average molecular weight is 248 g/mol. The summed E-state index contributed by atoms with van der Waals surface area (Å²) < 4.78 is 0. The van der Waals surface area contributed by atoms with E-state index in [1.165, 1.54) is 24.2 Å². The minimum atomic E-state index is -0.843. The summed E-state index contributed by atoms with van der Waals surface area (Å²) in [5, 5.41) is 9.26. The molecule has 0 bridgehead atoms. The summed E-state index contributed by atoms with van der Waals surface area (Å²) in [7, 11) is 0. The van der Waals surface area contributed by atoms with E-state index < -0.39 is 6.09 Å². The maximum atomic E-state index is 11.3. The monoisotopic (exact) mass is 248 g/mol. The van der Waals surface area contributed by atoms with Crippen LogP contribution in [0.3, 0.4) is 0 Å². The maximum Gasteiger partial charge on any atom is 0.408 e. The van der Waals surface area contributed by atoms with Gasteiger partial charge in [0, 0.05) is 0 Å².